The minimum absolute atomic E-state index is 0.197. The fourth-order valence-corrected chi connectivity index (χ4v) is 4.80. The molecule has 0 aromatic heterocycles. The van der Waals surface area contributed by atoms with E-state index in [2.05, 4.69) is 17.4 Å². The molecule has 0 spiro atoms. The molecule has 186 valence electrons. The van der Waals surface area contributed by atoms with Gasteiger partial charge in [0.15, 0.2) is 6.61 Å². The molecule has 35 heavy (non-hydrogen) atoms. The van der Waals surface area contributed by atoms with Crippen LogP contribution in [0.1, 0.15) is 65.7 Å². The molecule has 6 nitrogen and oxygen atoms in total. The van der Waals surface area contributed by atoms with Gasteiger partial charge >= 0.3 is 5.97 Å². The lowest BCUT2D eigenvalue weighted by atomic mass is 9.89. The summed E-state index contributed by atoms with van der Waals surface area (Å²) in [4.78, 5) is 38.8. The SMILES string of the molecule is CC(NC(=O)COC(=O)C1CCN(C(=O)c2ccc(F)cc2F)CC1)c1ccc2c(c1)CCCC2. The number of carbonyl (C=O) groups is 3. The van der Waals surface area contributed by atoms with Crippen LogP contribution in [0.25, 0.3) is 0 Å². The molecule has 0 radical (unpaired) electrons. The van der Waals surface area contributed by atoms with Crippen molar-refractivity contribution in [3.05, 3.63) is 70.3 Å². The number of ether oxygens (including phenoxy) is 1. The van der Waals surface area contributed by atoms with Crippen molar-refractivity contribution in [3.63, 3.8) is 0 Å². The topological polar surface area (TPSA) is 75.7 Å². The molecule has 1 N–H and O–H groups in total. The number of rotatable bonds is 6. The van der Waals surface area contributed by atoms with Crippen molar-refractivity contribution < 1.29 is 27.9 Å². The first-order valence-corrected chi connectivity index (χ1v) is 12.1. The standard InChI is InChI=1S/C27H30F2N2O4/c1-17(20-7-6-18-4-2-3-5-21(18)14-20)30-25(32)16-35-27(34)19-10-12-31(13-11-19)26(33)23-9-8-22(28)15-24(23)29/h6-9,14-15,17,19H,2-5,10-13,16H2,1H3,(H,30,32). The quantitative estimate of drug-likeness (QED) is 0.626. The maximum Gasteiger partial charge on any atom is 0.309 e. The lowest BCUT2D eigenvalue weighted by molar-refractivity contribution is -0.154. The molecule has 1 heterocycles. The Bertz CT molecular complexity index is 1110. The molecule has 2 aliphatic rings. The van der Waals surface area contributed by atoms with E-state index in [1.165, 1.54) is 28.9 Å². The molecule has 0 bridgehead atoms. The van der Waals surface area contributed by atoms with E-state index in [4.69, 9.17) is 4.74 Å². The van der Waals surface area contributed by atoms with Crippen LogP contribution < -0.4 is 5.32 Å². The molecule has 1 aliphatic heterocycles. The number of carbonyl (C=O) groups excluding carboxylic acids is 3. The molecule has 2 aromatic carbocycles. The van der Waals surface area contributed by atoms with E-state index in [1.54, 1.807) is 0 Å². The molecule has 1 atom stereocenters. The summed E-state index contributed by atoms with van der Waals surface area (Å²) >= 11 is 0. The van der Waals surface area contributed by atoms with E-state index >= 15 is 0 Å². The second-order valence-electron chi connectivity index (χ2n) is 9.32. The third-order valence-electron chi connectivity index (χ3n) is 6.87. The van der Waals surface area contributed by atoms with Crippen LogP contribution in [0.4, 0.5) is 8.78 Å². The molecule has 1 fully saturated rings. The Morgan fingerprint density at radius 3 is 2.46 bits per heavy atom. The molecular weight excluding hydrogens is 454 g/mol. The summed E-state index contributed by atoms with van der Waals surface area (Å²) < 4.78 is 32.2. The molecule has 8 heteroatoms. The fraction of sp³-hybridized carbons (Fsp3) is 0.444. The first kappa shape index (κ1) is 24.8. The summed E-state index contributed by atoms with van der Waals surface area (Å²) in [7, 11) is 0. The zero-order valence-electron chi connectivity index (χ0n) is 19.8. The maximum absolute atomic E-state index is 13.9. The van der Waals surface area contributed by atoms with E-state index in [1.807, 2.05) is 13.0 Å². The van der Waals surface area contributed by atoms with E-state index in [0.717, 1.165) is 30.5 Å². The molecule has 4 rings (SSSR count). The van der Waals surface area contributed by atoms with Crippen molar-refractivity contribution in [2.45, 2.75) is 51.5 Å². The summed E-state index contributed by atoms with van der Waals surface area (Å²) in [6.45, 7) is 2.03. The third-order valence-corrected chi connectivity index (χ3v) is 6.87. The lowest BCUT2D eigenvalue weighted by Gasteiger charge is -2.31. The van der Waals surface area contributed by atoms with Gasteiger partial charge in [-0.25, -0.2) is 8.78 Å². The van der Waals surface area contributed by atoms with Gasteiger partial charge in [-0.2, -0.15) is 0 Å². The number of nitrogens with one attached hydrogen (secondary N) is 1. The van der Waals surface area contributed by atoms with E-state index in [-0.39, 0.29) is 37.2 Å². The largest absolute Gasteiger partial charge is 0.455 e. The predicted octanol–water partition coefficient (Wildman–Crippen LogP) is 4.12. The Labute approximate surface area is 203 Å². The molecular formula is C27H30F2N2O4. The maximum atomic E-state index is 13.9. The summed E-state index contributed by atoms with van der Waals surface area (Å²) in [5, 5.41) is 2.88. The van der Waals surface area contributed by atoms with Crippen molar-refractivity contribution in [2.75, 3.05) is 19.7 Å². The molecule has 1 aliphatic carbocycles. The Kier molecular flexibility index (Phi) is 7.78. The molecule has 2 amide bonds. The second-order valence-corrected chi connectivity index (χ2v) is 9.32. The first-order valence-electron chi connectivity index (χ1n) is 12.1. The summed E-state index contributed by atoms with van der Waals surface area (Å²) in [6, 6.07) is 8.96. The minimum Gasteiger partial charge on any atom is -0.455 e. The van der Waals surface area contributed by atoms with Crippen LogP contribution >= 0.6 is 0 Å². The fourth-order valence-electron chi connectivity index (χ4n) is 4.80. The normalized spacial score (nSPS) is 16.8. The highest BCUT2D eigenvalue weighted by atomic mass is 19.1. The summed E-state index contributed by atoms with van der Waals surface area (Å²) in [6.07, 6.45) is 5.25. The van der Waals surface area contributed by atoms with Crippen molar-refractivity contribution >= 4 is 17.8 Å². The van der Waals surface area contributed by atoms with Gasteiger partial charge < -0.3 is 15.0 Å². The number of hydrogen-bond acceptors (Lipinski definition) is 4. The van der Waals surface area contributed by atoms with Crippen molar-refractivity contribution in [3.8, 4) is 0 Å². The smallest absolute Gasteiger partial charge is 0.309 e. The number of esters is 1. The first-order chi connectivity index (χ1) is 16.8. The number of fused-ring (bicyclic) bond motifs is 1. The third kappa shape index (κ3) is 6.05. The van der Waals surface area contributed by atoms with Gasteiger partial charge in [-0.3, -0.25) is 14.4 Å². The van der Waals surface area contributed by atoms with Crippen molar-refractivity contribution in [1.29, 1.82) is 0 Å². The highest BCUT2D eigenvalue weighted by molar-refractivity contribution is 5.94. The Morgan fingerprint density at radius 2 is 1.74 bits per heavy atom. The number of halogens is 2. The van der Waals surface area contributed by atoms with Crippen LogP contribution in [0, 0.1) is 17.6 Å². The van der Waals surface area contributed by atoms with Crippen molar-refractivity contribution in [1.82, 2.24) is 10.2 Å². The predicted molar refractivity (Wildman–Crippen MR) is 126 cm³/mol. The average molecular weight is 485 g/mol. The summed E-state index contributed by atoms with van der Waals surface area (Å²) in [5.74, 6) is -3.49. The van der Waals surface area contributed by atoms with E-state index in [0.29, 0.717) is 18.9 Å². The van der Waals surface area contributed by atoms with Gasteiger partial charge in [0, 0.05) is 19.2 Å². The number of hydrogen-bond donors (Lipinski definition) is 1. The lowest BCUT2D eigenvalue weighted by Crippen LogP contribution is -2.41. The second kappa shape index (κ2) is 11.0. The van der Waals surface area contributed by atoms with E-state index < -0.39 is 29.4 Å². The van der Waals surface area contributed by atoms with Crippen LogP contribution in [0.3, 0.4) is 0 Å². The van der Waals surface area contributed by atoms with Gasteiger partial charge in [-0.1, -0.05) is 18.2 Å². The highest BCUT2D eigenvalue weighted by Gasteiger charge is 2.30. The Balaban J connectivity index is 1.22. The Hall–Kier alpha value is -3.29. The van der Waals surface area contributed by atoms with Gasteiger partial charge in [0.05, 0.1) is 17.5 Å². The van der Waals surface area contributed by atoms with Crippen LogP contribution in [0.5, 0.6) is 0 Å². The van der Waals surface area contributed by atoms with Gasteiger partial charge in [0.2, 0.25) is 0 Å². The molecule has 1 unspecified atom stereocenters. The number of benzene rings is 2. The zero-order valence-corrected chi connectivity index (χ0v) is 19.8. The van der Waals surface area contributed by atoms with Crippen LogP contribution in [0.15, 0.2) is 36.4 Å². The van der Waals surface area contributed by atoms with Crippen LogP contribution in [-0.2, 0) is 27.2 Å². The van der Waals surface area contributed by atoms with Gasteiger partial charge in [-0.05, 0) is 74.3 Å². The Morgan fingerprint density at radius 1 is 1.03 bits per heavy atom. The van der Waals surface area contributed by atoms with E-state index in [9.17, 15) is 23.2 Å². The van der Waals surface area contributed by atoms with Crippen molar-refractivity contribution in [2.24, 2.45) is 5.92 Å². The molecule has 0 saturated carbocycles. The number of nitrogens with zero attached hydrogens (tertiary/aromatic N) is 1. The van der Waals surface area contributed by atoms with Gasteiger partial charge in [0.25, 0.3) is 11.8 Å². The number of amides is 2. The monoisotopic (exact) mass is 484 g/mol. The molecule has 2 aromatic rings. The summed E-state index contributed by atoms with van der Waals surface area (Å²) in [5.41, 5.74) is 3.55. The van der Waals surface area contributed by atoms with Gasteiger partial charge in [-0.15, -0.1) is 0 Å². The van der Waals surface area contributed by atoms with Crippen LogP contribution in [0.2, 0.25) is 0 Å². The zero-order chi connectivity index (χ0) is 24.9. The number of aryl methyl sites for hydroxylation is 2. The highest BCUT2D eigenvalue weighted by Crippen LogP contribution is 2.25. The van der Waals surface area contributed by atoms with Gasteiger partial charge in [0.1, 0.15) is 11.6 Å². The molecule has 1 saturated heterocycles. The number of likely N-dealkylation sites (tertiary alicyclic amines) is 1. The average Bonchev–Trinajstić information content (AvgIpc) is 2.86. The minimum atomic E-state index is -0.910. The van der Waals surface area contributed by atoms with Crippen LogP contribution in [-0.4, -0.2) is 42.4 Å². The number of piperidine rings is 1.